The summed E-state index contributed by atoms with van der Waals surface area (Å²) >= 11 is 3.02. The van der Waals surface area contributed by atoms with Crippen molar-refractivity contribution in [1.29, 1.82) is 0 Å². The van der Waals surface area contributed by atoms with Gasteiger partial charge in [0.25, 0.3) is 5.91 Å². The van der Waals surface area contributed by atoms with Gasteiger partial charge in [-0.15, -0.1) is 22.7 Å². The highest BCUT2D eigenvalue weighted by Gasteiger charge is 2.26. The third kappa shape index (κ3) is 4.57. The van der Waals surface area contributed by atoms with E-state index in [9.17, 15) is 13.2 Å². The van der Waals surface area contributed by atoms with E-state index in [4.69, 9.17) is 4.74 Å². The molecule has 3 heterocycles. The van der Waals surface area contributed by atoms with Crippen LogP contribution in [0.1, 0.15) is 16.1 Å². The van der Waals surface area contributed by atoms with Gasteiger partial charge in [0, 0.05) is 25.0 Å². The van der Waals surface area contributed by atoms with Crippen molar-refractivity contribution in [2.45, 2.75) is 11.4 Å². The lowest BCUT2D eigenvalue weighted by Gasteiger charge is -2.26. The number of morpholine rings is 1. The van der Waals surface area contributed by atoms with E-state index < -0.39 is 10.0 Å². The summed E-state index contributed by atoms with van der Waals surface area (Å²) < 4.78 is 31.9. The average Bonchev–Trinajstić information content (AvgIpc) is 3.45. The fourth-order valence-corrected chi connectivity index (χ4v) is 5.90. The van der Waals surface area contributed by atoms with Crippen molar-refractivity contribution in [3.8, 4) is 9.88 Å². The monoisotopic (exact) mass is 449 g/mol. The zero-order valence-corrected chi connectivity index (χ0v) is 17.9. The van der Waals surface area contributed by atoms with Crippen LogP contribution in [0, 0.1) is 0 Å². The predicted molar refractivity (Wildman–Crippen MR) is 113 cm³/mol. The van der Waals surface area contributed by atoms with Gasteiger partial charge < -0.3 is 10.1 Å². The molecule has 0 unspecified atom stereocenters. The summed E-state index contributed by atoms with van der Waals surface area (Å²) in [5.41, 5.74) is 1.19. The summed E-state index contributed by atoms with van der Waals surface area (Å²) in [6.45, 7) is 1.84. The SMILES string of the molecule is O=C(NCc1ccc(S(=O)(=O)N2CCOCC2)cc1)c1csc(-c2cccs2)n1. The van der Waals surface area contributed by atoms with Crippen molar-refractivity contribution in [2.75, 3.05) is 26.3 Å². The third-order valence-electron chi connectivity index (χ3n) is 4.45. The molecule has 2 aromatic heterocycles. The second kappa shape index (κ2) is 8.72. The molecule has 1 fully saturated rings. The van der Waals surface area contributed by atoms with E-state index >= 15 is 0 Å². The Morgan fingerprint density at radius 1 is 1.14 bits per heavy atom. The van der Waals surface area contributed by atoms with Crippen molar-refractivity contribution in [3.63, 3.8) is 0 Å². The summed E-state index contributed by atoms with van der Waals surface area (Å²) in [5, 5.41) is 7.36. The Kier molecular flexibility index (Phi) is 6.07. The zero-order valence-electron chi connectivity index (χ0n) is 15.4. The van der Waals surface area contributed by atoms with E-state index in [-0.39, 0.29) is 10.8 Å². The van der Waals surface area contributed by atoms with Crippen LogP contribution in [-0.4, -0.2) is 49.9 Å². The van der Waals surface area contributed by atoms with Gasteiger partial charge in [-0.05, 0) is 29.1 Å². The number of carbonyl (C=O) groups is 1. The van der Waals surface area contributed by atoms with Gasteiger partial charge in [-0.3, -0.25) is 4.79 Å². The highest BCUT2D eigenvalue weighted by atomic mass is 32.2. The lowest BCUT2D eigenvalue weighted by molar-refractivity contribution is 0.0730. The van der Waals surface area contributed by atoms with Crippen LogP contribution in [0.2, 0.25) is 0 Å². The van der Waals surface area contributed by atoms with Crippen LogP contribution in [-0.2, 0) is 21.3 Å². The van der Waals surface area contributed by atoms with Gasteiger partial charge in [0.1, 0.15) is 10.7 Å². The maximum absolute atomic E-state index is 12.6. The Morgan fingerprint density at radius 3 is 2.59 bits per heavy atom. The zero-order chi connectivity index (χ0) is 20.3. The first-order valence-corrected chi connectivity index (χ1v) is 12.2. The fourth-order valence-electron chi connectivity index (χ4n) is 2.88. The van der Waals surface area contributed by atoms with Crippen molar-refractivity contribution in [1.82, 2.24) is 14.6 Å². The van der Waals surface area contributed by atoms with Gasteiger partial charge >= 0.3 is 0 Å². The Balaban J connectivity index is 1.37. The standard InChI is InChI=1S/C19H19N3O4S3/c23-18(16-13-28-19(21-16)17-2-1-11-27-17)20-12-14-3-5-15(6-4-14)29(24,25)22-7-9-26-10-8-22/h1-6,11,13H,7-10,12H2,(H,20,23). The minimum atomic E-state index is -3.51. The molecule has 1 aromatic carbocycles. The molecule has 29 heavy (non-hydrogen) atoms. The highest BCUT2D eigenvalue weighted by Crippen LogP contribution is 2.27. The van der Waals surface area contributed by atoms with Gasteiger partial charge in [-0.1, -0.05) is 18.2 Å². The summed E-state index contributed by atoms with van der Waals surface area (Å²) in [6.07, 6.45) is 0. The van der Waals surface area contributed by atoms with E-state index in [1.54, 1.807) is 41.0 Å². The average molecular weight is 450 g/mol. The smallest absolute Gasteiger partial charge is 0.271 e. The number of aromatic nitrogens is 1. The van der Waals surface area contributed by atoms with Crippen LogP contribution in [0.15, 0.2) is 52.1 Å². The molecule has 1 saturated heterocycles. The van der Waals surface area contributed by atoms with Crippen molar-refractivity contribution in [3.05, 3.63) is 58.4 Å². The van der Waals surface area contributed by atoms with Crippen LogP contribution < -0.4 is 5.32 Å². The number of hydrogen-bond donors (Lipinski definition) is 1. The third-order valence-corrected chi connectivity index (χ3v) is 8.25. The number of thiophene rings is 1. The maximum Gasteiger partial charge on any atom is 0.271 e. The first-order valence-electron chi connectivity index (χ1n) is 8.98. The van der Waals surface area contributed by atoms with Crippen molar-refractivity contribution in [2.24, 2.45) is 0 Å². The summed E-state index contributed by atoms with van der Waals surface area (Å²) in [4.78, 5) is 18.0. The first-order chi connectivity index (χ1) is 14.0. The molecule has 0 saturated carbocycles. The number of rotatable bonds is 6. The number of sulfonamides is 1. The fraction of sp³-hybridized carbons (Fsp3) is 0.263. The molecule has 4 rings (SSSR count). The van der Waals surface area contributed by atoms with Crippen LogP contribution in [0.3, 0.4) is 0 Å². The summed E-state index contributed by atoms with van der Waals surface area (Å²) in [6, 6.07) is 10.5. The van der Waals surface area contributed by atoms with E-state index in [0.717, 1.165) is 15.4 Å². The van der Waals surface area contributed by atoms with Crippen LogP contribution >= 0.6 is 22.7 Å². The first kappa shape index (κ1) is 20.2. The molecule has 1 aliphatic rings. The summed E-state index contributed by atoms with van der Waals surface area (Å²) in [7, 11) is -3.51. The lowest BCUT2D eigenvalue weighted by atomic mass is 10.2. The molecular weight excluding hydrogens is 430 g/mol. The minimum Gasteiger partial charge on any atom is -0.379 e. The highest BCUT2D eigenvalue weighted by molar-refractivity contribution is 7.89. The lowest BCUT2D eigenvalue weighted by Crippen LogP contribution is -2.40. The quantitative estimate of drug-likeness (QED) is 0.625. The number of ether oxygens (including phenoxy) is 1. The number of thiazole rings is 1. The Bertz CT molecular complexity index is 1070. The molecule has 0 spiro atoms. The molecule has 1 amide bonds. The van der Waals surface area contributed by atoms with E-state index in [1.807, 2.05) is 17.5 Å². The molecule has 1 N–H and O–H groups in total. The Labute approximate surface area is 177 Å². The maximum atomic E-state index is 12.6. The van der Waals surface area contributed by atoms with E-state index in [0.29, 0.717) is 38.5 Å². The minimum absolute atomic E-state index is 0.245. The van der Waals surface area contributed by atoms with E-state index in [1.165, 1.54) is 15.6 Å². The van der Waals surface area contributed by atoms with Gasteiger partial charge in [-0.25, -0.2) is 13.4 Å². The normalized spacial score (nSPS) is 15.3. The molecule has 0 radical (unpaired) electrons. The summed E-state index contributed by atoms with van der Waals surface area (Å²) in [5.74, 6) is -0.255. The Morgan fingerprint density at radius 2 is 1.90 bits per heavy atom. The van der Waals surface area contributed by atoms with Gasteiger partial charge in [-0.2, -0.15) is 4.31 Å². The molecular formula is C19H19N3O4S3. The number of nitrogens with zero attached hydrogens (tertiary/aromatic N) is 2. The van der Waals surface area contributed by atoms with Crippen molar-refractivity contribution < 1.29 is 17.9 Å². The second-order valence-corrected chi connectivity index (χ2v) is 10.1. The number of carbonyl (C=O) groups excluding carboxylic acids is 1. The van der Waals surface area contributed by atoms with Gasteiger partial charge in [0.15, 0.2) is 0 Å². The van der Waals surface area contributed by atoms with Crippen LogP contribution in [0.5, 0.6) is 0 Å². The number of benzene rings is 1. The topological polar surface area (TPSA) is 88.6 Å². The van der Waals surface area contributed by atoms with Gasteiger partial charge in [0.2, 0.25) is 10.0 Å². The number of hydrogen-bond acceptors (Lipinski definition) is 7. The molecule has 3 aromatic rings. The molecule has 0 atom stereocenters. The molecule has 7 nitrogen and oxygen atoms in total. The molecule has 1 aliphatic heterocycles. The van der Waals surface area contributed by atoms with Crippen molar-refractivity contribution >= 4 is 38.6 Å². The Hall–Kier alpha value is -2.11. The molecule has 152 valence electrons. The van der Waals surface area contributed by atoms with Crippen LogP contribution in [0.4, 0.5) is 0 Å². The van der Waals surface area contributed by atoms with Gasteiger partial charge in [0.05, 0.1) is 23.0 Å². The number of amides is 1. The molecule has 10 heteroatoms. The largest absolute Gasteiger partial charge is 0.379 e. The van der Waals surface area contributed by atoms with E-state index in [2.05, 4.69) is 10.3 Å². The molecule has 0 aliphatic carbocycles. The van der Waals surface area contributed by atoms with Crippen LogP contribution in [0.25, 0.3) is 9.88 Å². The number of nitrogens with one attached hydrogen (secondary N) is 1. The molecule has 0 bridgehead atoms. The second-order valence-electron chi connectivity index (χ2n) is 6.36. The predicted octanol–water partition coefficient (Wildman–Crippen LogP) is 2.82.